The van der Waals surface area contributed by atoms with Crippen molar-refractivity contribution in [3.8, 4) is 11.5 Å². The van der Waals surface area contributed by atoms with Gasteiger partial charge in [0.25, 0.3) is 0 Å². The largest absolute Gasteiger partial charge is 0.496 e. The molecule has 1 saturated carbocycles. The van der Waals surface area contributed by atoms with Crippen molar-refractivity contribution < 1.29 is 19.3 Å². The summed E-state index contributed by atoms with van der Waals surface area (Å²) in [7, 11) is 4.82. The smallest absolute Gasteiger partial charge is 0.128 e. The minimum atomic E-state index is -0.734. The van der Waals surface area contributed by atoms with Gasteiger partial charge in [0, 0.05) is 7.11 Å². The summed E-state index contributed by atoms with van der Waals surface area (Å²) in [6, 6.07) is 5.49. The molecule has 100 valence electrons. The van der Waals surface area contributed by atoms with Gasteiger partial charge in [0.05, 0.1) is 25.4 Å². The van der Waals surface area contributed by atoms with Crippen molar-refractivity contribution in [1.29, 1.82) is 0 Å². The number of rotatable bonds is 5. The second-order valence-electron chi connectivity index (χ2n) is 4.60. The van der Waals surface area contributed by atoms with Crippen LogP contribution < -0.4 is 9.47 Å². The number of aliphatic hydroxyl groups excluding tert-OH is 1. The van der Waals surface area contributed by atoms with Gasteiger partial charge >= 0.3 is 0 Å². The summed E-state index contributed by atoms with van der Waals surface area (Å²) in [5.41, 5.74) is 0.172. The van der Waals surface area contributed by atoms with E-state index >= 15 is 0 Å². The summed E-state index contributed by atoms with van der Waals surface area (Å²) in [5, 5.41) is 10.6. The van der Waals surface area contributed by atoms with E-state index in [1.807, 2.05) is 18.2 Å². The van der Waals surface area contributed by atoms with Crippen molar-refractivity contribution in [3.63, 3.8) is 0 Å². The SMILES string of the molecule is COc1cccc(OC)c1C(O)C1(OC)CCC1. The van der Waals surface area contributed by atoms with Crippen LogP contribution in [0.1, 0.15) is 30.9 Å². The second-order valence-corrected chi connectivity index (χ2v) is 4.60. The molecule has 0 aromatic heterocycles. The Morgan fingerprint density at radius 1 is 1.11 bits per heavy atom. The molecule has 0 radical (unpaired) electrons. The Labute approximate surface area is 107 Å². The second kappa shape index (κ2) is 5.16. The van der Waals surface area contributed by atoms with Crippen LogP contribution in [0.25, 0.3) is 0 Å². The average molecular weight is 252 g/mol. The highest BCUT2D eigenvalue weighted by molar-refractivity contribution is 5.47. The normalized spacial score (nSPS) is 18.9. The zero-order valence-electron chi connectivity index (χ0n) is 11.1. The molecule has 2 rings (SSSR count). The molecular weight excluding hydrogens is 232 g/mol. The molecule has 1 unspecified atom stereocenters. The first kappa shape index (κ1) is 13.2. The van der Waals surface area contributed by atoms with Gasteiger partial charge in [0.2, 0.25) is 0 Å². The molecule has 0 spiro atoms. The van der Waals surface area contributed by atoms with Crippen LogP contribution in [0.2, 0.25) is 0 Å². The number of aliphatic hydroxyl groups is 1. The number of ether oxygens (including phenoxy) is 3. The van der Waals surface area contributed by atoms with E-state index < -0.39 is 11.7 Å². The lowest BCUT2D eigenvalue weighted by atomic mass is 9.73. The summed E-state index contributed by atoms with van der Waals surface area (Å²) in [6.07, 6.45) is 2.04. The summed E-state index contributed by atoms with van der Waals surface area (Å²) >= 11 is 0. The highest BCUT2D eigenvalue weighted by Gasteiger charge is 2.46. The Kier molecular flexibility index (Phi) is 3.78. The van der Waals surface area contributed by atoms with Gasteiger partial charge in [-0.2, -0.15) is 0 Å². The van der Waals surface area contributed by atoms with E-state index in [1.54, 1.807) is 21.3 Å². The molecule has 1 N–H and O–H groups in total. The molecule has 0 bridgehead atoms. The Bertz CT molecular complexity index is 384. The fraction of sp³-hybridized carbons (Fsp3) is 0.571. The van der Waals surface area contributed by atoms with Gasteiger partial charge in [0.15, 0.2) is 0 Å². The van der Waals surface area contributed by atoms with E-state index in [0.717, 1.165) is 19.3 Å². The van der Waals surface area contributed by atoms with E-state index in [2.05, 4.69) is 0 Å². The van der Waals surface area contributed by atoms with Gasteiger partial charge in [-0.15, -0.1) is 0 Å². The number of benzene rings is 1. The molecular formula is C14H20O4. The zero-order valence-corrected chi connectivity index (χ0v) is 11.1. The first-order chi connectivity index (χ1) is 8.68. The van der Waals surface area contributed by atoms with Crippen LogP contribution in [0.15, 0.2) is 18.2 Å². The quantitative estimate of drug-likeness (QED) is 0.873. The van der Waals surface area contributed by atoms with Crippen molar-refractivity contribution in [2.75, 3.05) is 21.3 Å². The summed E-state index contributed by atoms with van der Waals surface area (Å²) in [5.74, 6) is 1.26. The highest BCUT2D eigenvalue weighted by Crippen LogP contribution is 2.49. The molecule has 1 aromatic rings. The van der Waals surface area contributed by atoms with Crippen LogP contribution in [0.3, 0.4) is 0 Å². The zero-order chi connectivity index (χ0) is 13.2. The predicted molar refractivity (Wildman–Crippen MR) is 68.1 cm³/mol. The molecule has 1 aliphatic rings. The molecule has 4 nitrogen and oxygen atoms in total. The Morgan fingerprint density at radius 3 is 2.00 bits per heavy atom. The van der Waals surface area contributed by atoms with Gasteiger partial charge in [-0.25, -0.2) is 0 Å². The molecule has 1 fully saturated rings. The number of methoxy groups -OCH3 is 3. The molecule has 0 aliphatic heterocycles. The topological polar surface area (TPSA) is 47.9 Å². The maximum Gasteiger partial charge on any atom is 0.128 e. The average Bonchev–Trinajstić information content (AvgIpc) is 2.36. The molecule has 4 heteroatoms. The lowest BCUT2D eigenvalue weighted by Crippen LogP contribution is -2.45. The molecule has 0 amide bonds. The lowest BCUT2D eigenvalue weighted by Gasteiger charge is -2.44. The Balaban J connectivity index is 2.42. The van der Waals surface area contributed by atoms with Gasteiger partial charge in [-0.1, -0.05) is 6.07 Å². The van der Waals surface area contributed by atoms with E-state index in [4.69, 9.17) is 14.2 Å². The first-order valence-electron chi connectivity index (χ1n) is 6.12. The third-order valence-corrected chi connectivity index (χ3v) is 3.84. The minimum Gasteiger partial charge on any atom is -0.496 e. The van der Waals surface area contributed by atoms with Gasteiger partial charge in [-0.3, -0.25) is 0 Å². The summed E-state index contributed by atoms with van der Waals surface area (Å²) in [6.45, 7) is 0. The summed E-state index contributed by atoms with van der Waals surface area (Å²) in [4.78, 5) is 0. The fourth-order valence-corrected chi connectivity index (χ4v) is 2.53. The van der Waals surface area contributed by atoms with Crippen molar-refractivity contribution >= 4 is 0 Å². The number of hydrogen-bond acceptors (Lipinski definition) is 4. The van der Waals surface area contributed by atoms with Gasteiger partial charge in [-0.05, 0) is 31.4 Å². The molecule has 0 saturated heterocycles. The Hall–Kier alpha value is -1.26. The van der Waals surface area contributed by atoms with Crippen molar-refractivity contribution in [2.24, 2.45) is 0 Å². The van der Waals surface area contributed by atoms with Crippen molar-refractivity contribution in [2.45, 2.75) is 31.0 Å². The van der Waals surface area contributed by atoms with E-state index in [9.17, 15) is 5.11 Å². The third kappa shape index (κ3) is 1.95. The van der Waals surface area contributed by atoms with Crippen molar-refractivity contribution in [1.82, 2.24) is 0 Å². The van der Waals surface area contributed by atoms with Crippen molar-refractivity contribution in [3.05, 3.63) is 23.8 Å². The highest BCUT2D eigenvalue weighted by atomic mass is 16.5. The molecule has 18 heavy (non-hydrogen) atoms. The predicted octanol–water partition coefficient (Wildman–Crippen LogP) is 2.31. The van der Waals surface area contributed by atoms with E-state index in [-0.39, 0.29) is 0 Å². The summed E-state index contributed by atoms with van der Waals surface area (Å²) < 4.78 is 16.2. The monoisotopic (exact) mass is 252 g/mol. The Morgan fingerprint density at radius 2 is 1.67 bits per heavy atom. The van der Waals surface area contributed by atoms with Gasteiger partial charge in [0.1, 0.15) is 17.6 Å². The fourth-order valence-electron chi connectivity index (χ4n) is 2.53. The lowest BCUT2D eigenvalue weighted by molar-refractivity contribution is -0.152. The van der Waals surface area contributed by atoms with Crippen LogP contribution in [0, 0.1) is 0 Å². The molecule has 1 aliphatic carbocycles. The van der Waals surface area contributed by atoms with Crippen LogP contribution in [0.4, 0.5) is 0 Å². The third-order valence-electron chi connectivity index (χ3n) is 3.84. The van der Waals surface area contributed by atoms with Crippen LogP contribution in [0.5, 0.6) is 11.5 Å². The van der Waals surface area contributed by atoms with E-state index in [0.29, 0.717) is 17.1 Å². The first-order valence-corrected chi connectivity index (χ1v) is 6.12. The standard InChI is InChI=1S/C14H20O4/c1-16-10-6-4-7-11(17-2)12(10)13(15)14(18-3)8-5-9-14/h4,6-7,13,15H,5,8-9H2,1-3H3. The molecule has 0 heterocycles. The van der Waals surface area contributed by atoms with E-state index in [1.165, 1.54) is 0 Å². The van der Waals surface area contributed by atoms with Crippen LogP contribution in [-0.2, 0) is 4.74 Å². The number of hydrogen-bond donors (Lipinski definition) is 1. The molecule has 1 aromatic carbocycles. The maximum atomic E-state index is 10.6. The maximum absolute atomic E-state index is 10.6. The van der Waals surface area contributed by atoms with Crippen LogP contribution >= 0.6 is 0 Å². The minimum absolute atomic E-state index is 0.498. The van der Waals surface area contributed by atoms with Gasteiger partial charge < -0.3 is 19.3 Å². The molecule has 1 atom stereocenters. The van der Waals surface area contributed by atoms with Crippen LogP contribution in [-0.4, -0.2) is 32.0 Å².